The average Bonchev–Trinajstić information content (AvgIpc) is 2.56. The molecule has 0 atom stereocenters. The number of benzene rings is 2. The molecule has 0 fully saturated rings. The highest BCUT2D eigenvalue weighted by Crippen LogP contribution is 2.31. The largest absolute Gasteiger partial charge is 0.442 e. The lowest BCUT2D eigenvalue weighted by molar-refractivity contribution is 0.0603. The maximum atomic E-state index is 12.8. The highest BCUT2D eigenvalue weighted by atomic mass is 16.6. The van der Waals surface area contributed by atoms with E-state index in [1.807, 2.05) is 42.5 Å². The zero-order chi connectivity index (χ0) is 18.9. The zero-order valence-corrected chi connectivity index (χ0v) is 15.4. The fraction of sp³-hybridized carbons (Fsp3) is 0.286. The second kappa shape index (κ2) is 6.75. The molecule has 0 saturated heterocycles. The third kappa shape index (κ3) is 3.82. The van der Waals surface area contributed by atoms with E-state index in [0.717, 1.165) is 16.3 Å². The van der Waals surface area contributed by atoms with E-state index in [-0.39, 0.29) is 5.78 Å². The van der Waals surface area contributed by atoms with Crippen molar-refractivity contribution in [1.29, 1.82) is 0 Å². The molecule has 1 aliphatic carbocycles. The predicted octanol–water partition coefficient (Wildman–Crippen LogP) is 4.31. The number of ketones is 1. The van der Waals surface area contributed by atoms with Gasteiger partial charge in [-0.15, -0.1) is 0 Å². The van der Waals surface area contributed by atoms with Gasteiger partial charge >= 0.3 is 6.09 Å². The molecule has 3 rings (SSSR count). The Morgan fingerprint density at radius 3 is 2.58 bits per heavy atom. The number of hydrogen-bond acceptors (Lipinski definition) is 3. The molecule has 0 spiro atoms. The van der Waals surface area contributed by atoms with E-state index >= 15 is 0 Å². The number of rotatable bonds is 3. The highest BCUT2D eigenvalue weighted by Gasteiger charge is 2.22. The van der Waals surface area contributed by atoms with Crippen LogP contribution in [0.1, 0.15) is 36.7 Å². The van der Waals surface area contributed by atoms with Crippen molar-refractivity contribution in [3.8, 4) is 0 Å². The van der Waals surface area contributed by atoms with Gasteiger partial charge in [0.2, 0.25) is 0 Å². The van der Waals surface area contributed by atoms with Crippen LogP contribution in [0.3, 0.4) is 0 Å². The van der Waals surface area contributed by atoms with E-state index in [1.54, 1.807) is 32.7 Å². The smallest absolute Gasteiger partial charge is 0.435 e. The van der Waals surface area contributed by atoms with Crippen LogP contribution in [0.5, 0.6) is 0 Å². The summed E-state index contributed by atoms with van der Waals surface area (Å²) in [6.45, 7) is 5.71. The van der Waals surface area contributed by atoms with Crippen LogP contribution in [-0.4, -0.2) is 42.3 Å². The fourth-order valence-corrected chi connectivity index (χ4v) is 2.97. The number of hydrogen-bond donors (Lipinski definition) is 0. The number of carbonyl (C=O) groups excluding carboxylic acids is 2. The number of aliphatic imine (C=N–C) groups is 1. The van der Waals surface area contributed by atoms with Gasteiger partial charge < -0.3 is 9.64 Å². The Balaban J connectivity index is 1.78. The summed E-state index contributed by atoms with van der Waals surface area (Å²) >= 11 is 0. The summed E-state index contributed by atoms with van der Waals surface area (Å²) in [5.41, 5.74) is 1.82. The third-order valence-electron chi connectivity index (χ3n) is 3.98. The van der Waals surface area contributed by atoms with E-state index in [1.165, 1.54) is 6.34 Å². The highest BCUT2D eigenvalue weighted by molar-refractivity contribution is 6.23. The second-order valence-corrected chi connectivity index (χ2v) is 7.39. The molecule has 2 aromatic rings. The summed E-state index contributed by atoms with van der Waals surface area (Å²) in [5.74, 6) is 0.00631. The summed E-state index contributed by atoms with van der Waals surface area (Å²) < 4.78 is 5.14. The van der Waals surface area contributed by atoms with Crippen molar-refractivity contribution >= 4 is 35.1 Å². The Kier molecular flexibility index (Phi) is 4.64. The lowest BCUT2D eigenvalue weighted by Gasteiger charge is -2.21. The molecule has 2 aromatic carbocycles. The number of likely N-dealkylation sites (N-methyl/N-ethyl adjacent to an activating group) is 1. The van der Waals surface area contributed by atoms with E-state index in [0.29, 0.717) is 17.7 Å². The molecule has 5 heteroatoms. The molecule has 1 aliphatic rings. The minimum atomic E-state index is -0.650. The molecule has 0 aliphatic heterocycles. The molecular formula is C21H22N2O3. The molecule has 1 amide bonds. The van der Waals surface area contributed by atoms with Crippen LogP contribution in [0.4, 0.5) is 4.79 Å². The second-order valence-electron chi connectivity index (χ2n) is 7.39. The molecule has 0 bridgehead atoms. The van der Waals surface area contributed by atoms with E-state index in [9.17, 15) is 9.59 Å². The minimum absolute atomic E-state index is 0.00631. The van der Waals surface area contributed by atoms with Crippen molar-refractivity contribution in [2.45, 2.75) is 26.4 Å². The van der Waals surface area contributed by atoms with Gasteiger partial charge in [-0.2, -0.15) is 4.99 Å². The van der Waals surface area contributed by atoms with Gasteiger partial charge in [0.05, 0.1) is 6.34 Å². The van der Waals surface area contributed by atoms with Crippen molar-refractivity contribution < 1.29 is 14.3 Å². The van der Waals surface area contributed by atoms with Crippen molar-refractivity contribution in [3.05, 3.63) is 53.1 Å². The first-order chi connectivity index (χ1) is 12.2. The van der Waals surface area contributed by atoms with Crippen LogP contribution in [0, 0.1) is 0 Å². The number of ether oxygens (including phenoxy) is 1. The van der Waals surface area contributed by atoms with Gasteiger partial charge in [0, 0.05) is 30.1 Å². The van der Waals surface area contributed by atoms with Crippen molar-refractivity contribution in [3.63, 3.8) is 0 Å². The average molecular weight is 350 g/mol. The Morgan fingerprint density at radius 1 is 1.19 bits per heavy atom. The Bertz CT molecular complexity index is 931. The van der Waals surface area contributed by atoms with Gasteiger partial charge in [-0.1, -0.05) is 36.4 Å². The summed E-state index contributed by atoms with van der Waals surface area (Å²) in [4.78, 5) is 30.0. The lowest BCUT2D eigenvalue weighted by atomic mass is 9.88. The number of nitrogens with zero attached hydrogens (tertiary/aromatic N) is 2. The van der Waals surface area contributed by atoms with Crippen LogP contribution in [0.15, 0.2) is 47.0 Å². The topological polar surface area (TPSA) is 59.0 Å². The Morgan fingerprint density at radius 2 is 1.88 bits per heavy atom. The van der Waals surface area contributed by atoms with Gasteiger partial charge in [0.25, 0.3) is 0 Å². The van der Waals surface area contributed by atoms with Crippen LogP contribution >= 0.6 is 0 Å². The maximum Gasteiger partial charge on any atom is 0.435 e. The van der Waals surface area contributed by atoms with Gasteiger partial charge in [-0.25, -0.2) is 4.79 Å². The minimum Gasteiger partial charge on any atom is -0.442 e. The number of Topliss-reactive ketones (excluding diaryl/α,β-unsaturated/α-hetero) is 1. The molecule has 26 heavy (non-hydrogen) atoms. The summed E-state index contributed by atoms with van der Waals surface area (Å²) in [6.07, 6.45) is 2.65. The molecular weight excluding hydrogens is 328 g/mol. The molecule has 0 unspecified atom stereocenters. The quantitative estimate of drug-likeness (QED) is 0.611. The zero-order valence-electron chi connectivity index (χ0n) is 15.4. The molecule has 0 heterocycles. The van der Waals surface area contributed by atoms with E-state index in [2.05, 4.69) is 4.99 Å². The lowest BCUT2D eigenvalue weighted by Crippen LogP contribution is -2.26. The summed E-state index contributed by atoms with van der Waals surface area (Å²) in [5, 5.41) is 2.05. The van der Waals surface area contributed by atoms with Gasteiger partial charge in [-0.05, 0) is 37.8 Å². The van der Waals surface area contributed by atoms with Gasteiger partial charge in [-0.3, -0.25) is 4.79 Å². The fourth-order valence-electron chi connectivity index (χ4n) is 2.97. The molecule has 0 radical (unpaired) electrons. The summed E-state index contributed by atoms with van der Waals surface area (Å²) in [7, 11) is 1.77. The van der Waals surface area contributed by atoms with Crippen molar-refractivity contribution in [2.75, 3.05) is 13.6 Å². The van der Waals surface area contributed by atoms with Crippen LogP contribution in [0.2, 0.25) is 0 Å². The first-order valence-electron chi connectivity index (χ1n) is 8.49. The Hall–Kier alpha value is -2.95. The first-order valence-corrected chi connectivity index (χ1v) is 8.49. The third-order valence-corrected chi connectivity index (χ3v) is 3.98. The van der Waals surface area contributed by atoms with Crippen molar-refractivity contribution in [2.24, 2.45) is 4.99 Å². The normalized spacial score (nSPS) is 13.8. The standard InChI is InChI=1S/C21H22N2O3/c1-21(2,3)26-20(25)22-13-23(4)12-16-11-15-9-5-7-14-8-6-10-17(18(14)15)19(16)24/h5-11,13H,12H2,1-4H3. The maximum absolute atomic E-state index is 12.8. The van der Waals surface area contributed by atoms with Crippen LogP contribution in [-0.2, 0) is 4.74 Å². The van der Waals surface area contributed by atoms with E-state index in [4.69, 9.17) is 4.74 Å². The van der Waals surface area contributed by atoms with Gasteiger partial charge in [0.1, 0.15) is 5.60 Å². The van der Waals surface area contributed by atoms with Crippen LogP contribution in [0.25, 0.3) is 16.8 Å². The molecule has 0 N–H and O–H groups in total. The molecule has 134 valence electrons. The first kappa shape index (κ1) is 17.9. The molecule has 0 saturated carbocycles. The Labute approximate surface area is 153 Å². The monoisotopic (exact) mass is 350 g/mol. The molecule has 0 aromatic heterocycles. The molecule has 5 nitrogen and oxygen atoms in total. The predicted molar refractivity (Wildman–Crippen MR) is 104 cm³/mol. The van der Waals surface area contributed by atoms with Crippen LogP contribution < -0.4 is 0 Å². The number of carbonyl (C=O) groups is 2. The summed E-state index contributed by atoms with van der Waals surface area (Å²) in [6, 6.07) is 11.8. The number of amides is 1. The SMILES string of the molecule is CN(C=NC(=O)OC(C)(C)C)CC1=Cc2cccc3cccc(c23)C1=O. The van der Waals surface area contributed by atoms with E-state index < -0.39 is 11.7 Å². The van der Waals surface area contributed by atoms with Gasteiger partial charge in [0.15, 0.2) is 5.78 Å². The van der Waals surface area contributed by atoms with Crippen molar-refractivity contribution in [1.82, 2.24) is 4.90 Å².